The number of rotatable bonds is 2. The molecule has 1 heterocycles. The molecule has 0 aromatic rings. The first-order valence-electron chi connectivity index (χ1n) is 5.85. The summed E-state index contributed by atoms with van der Waals surface area (Å²) < 4.78 is 5.27. The molecule has 2 aliphatic rings. The maximum absolute atomic E-state index is 11.8. The Hall–Kier alpha value is -0.870. The molecule has 2 rings (SSSR count). The molecule has 1 aliphatic heterocycles. The van der Waals surface area contributed by atoms with E-state index >= 15 is 0 Å². The van der Waals surface area contributed by atoms with Crippen molar-refractivity contribution in [3.05, 3.63) is 11.3 Å². The second kappa shape index (κ2) is 4.55. The third kappa shape index (κ3) is 1.99. The van der Waals surface area contributed by atoms with Gasteiger partial charge in [0.1, 0.15) is 0 Å². The lowest BCUT2D eigenvalue weighted by atomic mass is 9.92. The molecule has 1 saturated heterocycles. The predicted molar refractivity (Wildman–Crippen MR) is 60.2 cm³/mol. The van der Waals surface area contributed by atoms with Crippen LogP contribution < -0.4 is 0 Å². The molecule has 2 unspecified atom stereocenters. The zero-order valence-corrected chi connectivity index (χ0v) is 9.90. The highest BCUT2D eigenvalue weighted by Gasteiger charge is 2.38. The van der Waals surface area contributed by atoms with Crippen molar-refractivity contribution in [2.75, 3.05) is 32.8 Å². The number of morpholine rings is 1. The molecular weight excluding hydrogens is 206 g/mol. The number of nitrogens with zero attached hydrogens (tertiary/aromatic N) is 1. The number of allylic oxidation sites excluding steroid dienone is 2. The van der Waals surface area contributed by atoms with Gasteiger partial charge in [-0.15, -0.1) is 0 Å². The summed E-state index contributed by atoms with van der Waals surface area (Å²) in [7, 11) is 0. The fourth-order valence-electron chi connectivity index (χ4n) is 2.42. The lowest BCUT2D eigenvalue weighted by molar-refractivity contribution is -0.122. The minimum atomic E-state index is -0.0866. The molecule has 0 amide bonds. The van der Waals surface area contributed by atoms with E-state index in [-0.39, 0.29) is 23.4 Å². The normalized spacial score (nSPS) is 32.5. The number of hydrogen-bond acceptors (Lipinski definition) is 4. The average Bonchev–Trinajstić information content (AvgIpc) is 2.48. The van der Waals surface area contributed by atoms with Gasteiger partial charge in [0.2, 0.25) is 5.78 Å². The molecule has 2 atom stereocenters. The van der Waals surface area contributed by atoms with Crippen LogP contribution in [0.1, 0.15) is 13.8 Å². The minimum absolute atomic E-state index is 0.00856. The van der Waals surface area contributed by atoms with Crippen molar-refractivity contribution in [2.24, 2.45) is 11.8 Å². The van der Waals surface area contributed by atoms with Crippen molar-refractivity contribution in [2.45, 2.75) is 13.8 Å². The van der Waals surface area contributed by atoms with E-state index in [1.165, 1.54) is 0 Å². The second-order valence-electron chi connectivity index (χ2n) is 4.70. The summed E-state index contributed by atoms with van der Waals surface area (Å²) in [6.45, 7) is 7.86. The van der Waals surface area contributed by atoms with E-state index < -0.39 is 0 Å². The summed E-state index contributed by atoms with van der Waals surface area (Å²) in [5.74, 6) is -0.00399. The number of ether oxygens (including phenoxy) is 1. The molecule has 1 fully saturated rings. The molecule has 0 spiro atoms. The Morgan fingerprint density at radius 1 is 1.44 bits per heavy atom. The summed E-state index contributed by atoms with van der Waals surface area (Å²) in [5, 5.41) is 9.62. The average molecular weight is 225 g/mol. The number of aliphatic hydroxyl groups is 1. The van der Waals surface area contributed by atoms with Gasteiger partial charge in [0, 0.05) is 25.6 Å². The third-order valence-electron chi connectivity index (χ3n) is 3.79. The van der Waals surface area contributed by atoms with Crippen LogP contribution in [0.25, 0.3) is 0 Å². The van der Waals surface area contributed by atoms with E-state index in [9.17, 15) is 9.90 Å². The van der Waals surface area contributed by atoms with Gasteiger partial charge in [-0.1, -0.05) is 6.92 Å². The number of Topliss-reactive ketones (excluding diaryl/α,β-unsaturated/α-hetero) is 1. The van der Waals surface area contributed by atoms with Crippen LogP contribution in [0.4, 0.5) is 0 Å². The molecule has 1 aliphatic carbocycles. The van der Waals surface area contributed by atoms with Crippen molar-refractivity contribution in [1.29, 1.82) is 0 Å². The maximum Gasteiger partial charge on any atom is 0.201 e. The van der Waals surface area contributed by atoms with Gasteiger partial charge in [-0.2, -0.15) is 0 Å². The molecule has 0 saturated carbocycles. The van der Waals surface area contributed by atoms with Crippen LogP contribution in [0.15, 0.2) is 11.3 Å². The van der Waals surface area contributed by atoms with Crippen molar-refractivity contribution in [1.82, 2.24) is 4.90 Å². The molecule has 90 valence electrons. The van der Waals surface area contributed by atoms with Gasteiger partial charge in [0.25, 0.3) is 0 Å². The van der Waals surface area contributed by atoms with Crippen molar-refractivity contribution in [3.63, 3.8) is 0 Å². The highest BCUT2D eigenvalue weighted by Crippen LogP contribution is 2.33. The van der Waals surface area contributed by atoms with Crippen LogP contribution in [0.2, 0.25) is 0 Å². The van der Waals surface area contributed by atoms with Crippen LogP contribution in [-0.4, -0.2) is 48.6 Å². The summed E-state index contributed by atoms with van der Waals surface area (Å²) >= 11 is 0. The summed E-state index contributed by atoms with van der Waals surface area (Å²) in [5.41, 5.74) is 0.836. The van der Waals surface area contributed by atoms with Crippen molar-refractivity contribution < 1.29 is 14.6 Å². The molecular formula is C12H19NO3. The molecule has 4 heteroatoms. The molecule has 0 radical (unpaired) electrons. The zero-order chi connectivity index (χ0) is 11.7. The van der Waals surface area contributed by atoms with Crippen LogP contribution >= 0.6 is 0 Å². The van der Waals surface area contributed by atoms with E-state index in [0.29, 0.717) is 0 Å². The predicted octanol–water partition coefficient (Wildman–Crippen LogP) is 0.986. The summed E-state index contributed by atoms with van der Waals surface area (Å²) in [4.78, 5) is 14.1. The Labute approximate surface area is 95.9 Å². The number of aliphatic hydroxyl groups excluding tert-OH is 1. The lowest BCUT2D eigenvalue weighted by Crippen LogP contribution is -2.41. The van der Waals surface area contributed by atoms with Gasteiger partial charge in [-0.05, 0) is 18.4 Å². The number of ketones is 1. The standard InChI is InChI=1S/C12H19NO3/c1-8-9(2)11(14)12(15)10(8)7-13-3-5-16-6-4-13/h8,10,14H,3-7H2,1-2H3. The third-order valence-corrected chi connectivity index (χ3v) is 3.79. The van der Waals surface area contributed by atoms with Crippen molar-refractivity contribution in [3.8, 4) is 0 Å². The molecule has 1 N–H and O–H groups in total. The number of carbonyl (C=O) groups excluding carboxylic acids is 1. The Bertz CT molecular complexity index is 318. The Balaban J connectivity index is 1.98. The van der Waals surface area contributed by atoms with Gasteiger partial charge < -0.3 is 9.84 Å². The number of carbonyl (C=O) groups is 1. The fourth-order valence-corrected chi connectivity index (χ4v) is 2.42. The van der Waals surface area contributed by atoms with Gasteiger partial charge in [0.05, 0.1) is 13.2 Å². The van der Waals surface area contributed by atoms with Gasteiger partial charge in [-0.25, -0.2) is 0 Å². The fraction of sp³-hybridized carbons (Fsp3) is 0.750. The van der Waals surface area contributed by atoms with Gasteiger partial charge in [0.15, 0.2) is 5.76 Å². The first kappa shape index (κ1) is 11.6. The molecule has 4 nitrogen and oxygen atoms in total. The van der Waals surface area contributed by atoms with E-state index in [0.717, 1.165) is 38.4 Å². The van der Waals surface area contributed by atoms with Crippen LogP contribution in [0.3, 0.4) is 0 Å². The second-order valence-corrected chi connectivity index (χ2v) is 4.70. The minimum Gasteiger partial charge on any atom is -0.504 e. The van der Waals surface area contributed by atoms with Crippen LogP contribution in [-0.2, 0) is 9.53 Å². The molecule has 0 bridgehead atoms. The Kier molecular flexibility index (Phi) is 3.30. The summed E-state index contributed by atoms with van der Waals surface area (Å²) in [6, 6.07) is 0. The monoisotopic (exact) mass is 225 g/mol. The van der Waals surface area contributed by atoms with E-state index in [1.54, 1.807) is 0 Å². The van der Waals surface area contributed by atoms with Gasteiger partial charge in [-0.3, -0.25) is 9.69 Å². The lowest BCUT2D eigenvalue weighted by Gasteiger charge is -2.30. The Morgan fingerprint density at radius 3 is 2.56 bits per heavy atom. The summed E-state index contributed by atoms with van der Waals surface area (Å²) in [6.07, 6.45) is 0. The van der Waals surface area contributed by atoms with Crippen molar-refractivity contribution >= 4 is 5.78 Å². The molecule has 0 aromatic carbocycles. The quantitative estimate of drug-likeness (QED) is 0.761. The largest absolute Gasteiger partial charge is 0.504 e. The highest BCUT2D eigenvalue weighted by atomic mass is 16.5. The Morgan fingerprint density at radius 2 is 2.06 bits per heavy atom. The smallest absolute Gasteiger partial charge is 0.201 e. The van der Waals surface area contributed by atoms with Crippen LogP contribution in [0, 0.1) is 11.8 Å². The first-order valence-corrected chi connectivity index (χ1v) is 5.85. The topological polar surface area (TPSA) is 49.8 Å². The zero-order valence-electron chi connectivity index (χ0n) is 9.90. The maximum atomic E-state index is 11.8. The SMILES string of the molecule is CC1=C(O)C(=O)C(CN2CCOCC2)C1C. The number of hydrogen-bond donors (Lipinski definition) is 1. The highest BCUT2D eigenvalue weighted by molar-refractivity contribution is 5.98. The molecule has 0 aromatic heterocycles. The van der Waals surface area contributed by atoms with Gasteiger partial charge >= 0.3 is 0 Å². The van der Waals surface area contributed by atoms with E-state index in [2.05, 4.69) is 4.90 Å². The van der Waals surface area contributed by atoms with E-state index in [1.807, 2.05) is 13.8 Å². The molecule has 16 heavy (non-hydrogen) atoms. The van der Waals surface area contributed by atoms with E-state index in [4.69, 9.17) is 4.74 Å². The first-order chi connectivity index (χ1) is 7.61. The van der Waals surface area contributed by atoms with Crippen LogP contribution in [0.5, 0.6) is 0 Å².